The van der Waals surface area contributed by atoms with E-state index in [1.54, 1.807) is 4.31 Å². The second-order valence-corrected chi connectivity index (χ2v) is 10.5. The van der Waals surface area contributed by atoms with Gasteiger partial charge in [0.1, 0.15) is 0 Å². The molecule has 0 bridgehead atoms. The van der Waals surface area contributed by atoms with E-state index in [-0.39, 0.29) is 0 Å². The SMILES string of the molecule is Cc1cc(C)c(S(=O)(=O)N2CCC(N3CCC(C)CC3C)CC2)c(C)c1. The number of aryl methyl sites for hydroxylation is 3. The fraction of sp³-hybridized carbons (Fsp3) is 0.714. The second kappa shape index (κ2) is 7.61. The van der Waals surface area contributed by atoms with Crippen LogP contribution in [-0.2, 0) is 10.0 Å². The lowest BCUT2D eigenvalue weighted by Crippen LogP contribution is -2.52. The first-order valence-electron chi connectivity index (χ1n) is 10.0. The summed E-state index contributed by atoms with van der Waals surface area (Å²) in [6, 6.07) is 5.10. The molecule has 0 N–H and O–H groups in total. The summed E-state index contributed by atoms with van der Waals surface area (Å²) < 4.78 is 28.2. The van der Waals surface area contributed by atoms with E-state index >= 15 is 0 Å². The van der Waals surface area contributed by atoms with E-state index in [9.17, 15) is 8.42 Å². The van der Waals surface area contributed by atoms with Gasteiger partial charge in [0.15, 0.2) is 0 Å². The third-order valence-electron chi connectivity index (χ3n) is 6.28. The summed E-state index contributed by atoms with van der Waals surface area (Å²) in [4.78, 5) is 3.15. The third kappa shape index (κ3) is 3.85. The molecular weight excluding hydrogens is 344 g/mol. The predicted octanol–water partition coefficient (Wildman–Crippen LogP) is 3.89. The molecule has 5 heteroatoms. The van der Waals surface area contributed by atoms with E-state index < -0.39 is 10.0 Å². The molecule has 0 saturated carbocycles. The molecular formula is C21H34N2O2S. The average molecular weight is 379 g/mol. The Kier molecular flexibility index (Phi) is 5.80. The number of likely N-dealkylation sites (tertiary alicyclic amines) is 1. The topological polar surface area (TPSA) is 40.6 Å². The highest BCUT2D eigenvalue weighted by Crippen LogP contribution is 2.31. The van der Waals surface area contributed by atoms with Crippen molar-refractivity contribution in [2.75, 3.05) is 19.6 Å². The highest BCUT2D eigenvalue weighted by atomic mass is 32.2. The Balaban J connectivity index is 1.72. The minimum atomic E-state index is -3.40. The van der Waals surface area contributed by atoms with Gasteiger partial charge in [0.25, 0.3) is 0 Å². The van der Waals surface area contributed by atoms with E-state index in [0.29, 0.717) is 30.1 Å². The zero-order valence-corrected chi connectivity index (χ0v) is 17.8. The molecule has 0 aromatic heterocycles. The van der Waals surface area contributed by atoms with Crippen LogP contribution < -0.4 is 0 Å². The normalized spacial score (nSPS) is 27.0. The van der Waals surface area contributed by atoms with Crippen LogP contribution in [0, 0.1) is 26.7 Å². The van der Waals surface area contributed by atoms with Crippen molar-refractivity contribution in [2.45, 2.75) is 77.3 Å². The quantitative estimate of drug-likeness (QED) is 0.801. The van der Waals surface area contributed by atoms with Crippen LogP contribution in [0.2, 0.25) is 0 Å². The Bertz CT molecular complexity index is 728. The van der Waals surface area contributed by atoms with E-state index in [0.717, 1.165) is 42.0 Å². The smallest absolute Gasteiger partial charge is 0.243 e. The lowest BCUT2D eigenvalue weighted by molar-refractivity contribution is 0.0561. The Hall–Kier alpha value is -0.910. The number of nitrogens with zero attached hydrogens (tertiary/aromatic N) is 2. The van der Waals surface area contributed by atoms with Gasteiger partial charge in [-0.15, -0.1) is 0 Å². The minimum absolute atomic E-state index is 0.515. The van der Waals surface area contributed by atoms with Crippen molar-refractivity contribution in [3.8, 4) is 0 Å². The van der Waals surface area contributed by atoms with E-state index in [4.69, 9.17) is 0 Å². The van der Waals surface area contributed by atoms with Gasteiger partial charge in [0.2, 0.25) is 10.0 Å². The van der Waals surface area contributed by atoms with Gasteiger partial charge in [0.05, 0.1) is 4.90 Å². The zero-order valence-electron chi connectivity index (χ0n) is 17.0. The molecule has 0 spiro atoms. The Morgan fingerprint density at radius 2 is 1.50 bits per heavy atom. The number of piperidine rings is 2. The van der Waals surface area contributed by atoms with Gasteiger partial charge in [0, 0.05) is 25.2 Å². The monoisotopic (exact) mass is 378 g/mol. The van der Waals surface area contributed by atoms with Crippen LogP contribution in [0.25, 0.3) is 0 Å². The molecule has 2 aliphatic heterocycles. The first-order valence-corrected chi connectivity index (χ1v) is 11.5. The molecule has 1 aromatic rings. The molecule has 0 radical (unpaired) electrons. The minimum Gasteiger partial charge on any atom is -0.298 e. The van der Waals surface area contributed by atoms with Gasteiger partial charge in [-0.1, -0.05) is 24.6 Å². The first-order chi connectivity index (χ1) is 12.2. The van der Waals surface area contributed by atoms with E-state index in [1.807, 2.05) is 32.9 Å². The van der Waals surface area contributed by atoms with Crippen LogP contribution in [0.3, 0.4) is 0 Å². The van der Waals surface area contributed by atoms with E-state index in [1.165, 1.54) is 12.8 Å². The number of benzene rings is 1. The number of rotatable bonds is 3. The van der Waals surface area contributed by atoms with Crippen molar-refractivity contribution >= 4 is 10.0 Å². The third-order valence-corrected chi connectivity index (χ3v) is 8.49. The Morgan fingerprint density at radius 1 is 0.923 bits per heavy atom. The fourth-order valence-electron chi connectivity index (χ4n) is 5.08. The summed E-state index contributed by atoms with van der Waals surface area (Å²) in [6.07, 6.45) is 4.43. The summed E-state index contributed by atoms with van der Waals surface area (Å²) in [7, 11) is -3.40. The predicted molar refractivity (Wildman–Crippen MR) is 107 cm³/mol. The molecule has 146 valence electrons. The summed E-state index contributed by atoms with van der Waals surface area (Å²) in [6.45, 7) is 13.0. The van der Waals surface area contributed by atoms with Gasteiger partial charge >= 0.3 is 0 Å². The molecule has 2 heterocycles. The number of hydrogen-bond donors (Lipinski definition) is 0. The van der Waals surface area contributed by atoms with Crippen molar-refractivity contribution in [3.63, 3.8) is 0 Å². The van der Waals surface area contributed by atoms with Crippen molar-refractivity contribution in [2.24, 2.45) is 5.92 Å². The standard InChI is InChI=1S/C21H34N2O2S/c1-15-6-11-23(19(5)14-15)20-7-9-22(10-8-20)26(24,25)21-17(3)12-16(2)13-18(21)4/h12-13,15,19-20H,6-11,14H2,1-5H3. The van der Waals surface area contributed by atoms with Crippen LogP contribution >= 0.6 is 0 Å². The van der Waals surface area contributed by atoms with Gasteiger partial charge in [-0.05, 0) is 77.0 Å². The van der Waals surface area contributed by atoms with Gasteiger partial charge < -0.3 is 0 Å². The maximum Gasteiger partial charge on any atom is 0.243 e. The highest BCUT2D eigenvalue weighted by Gasteiger charge is 2.35. The van der Waals surface area contributed by atoms with E-state index in [2.05, 4.69) is 18.7 Å². The second-order valence-electron chi connectivity index (χ2n) is 8.58. The largest absolute Gasteiger partial charge is 0.298 e. The average Bonchev–Trinajstić information content (AvgIpc) is 2.53. The summed E-state index contributed by atoms with van der Waals surface area (Å²) in [5, 5.41) is 0. The molecule has 26 heavy (non-hydrogen) atoms. The maximum atomic E-state index is 13.2. The van der Waals surface area contributed by atoms with Crippen LogP contribution in [0.1, 0.15) is 56.2 Å². The summed E-state index contributed by atoms with van der Waals surface area (Å²) >= 11 is 0. The lowest BCUT2D eigenvalue weighted by atomic mass is 9.90. The van der Waals surface area contributed by atoms with Gasteiger partial charge in [-0.2, -0.15) is 4.31 Å². The summed E-state index contributed by atoms with van der Waals surface area (Å²) in [5.41, 5.74) is 2.84. The van der Waals surface area contributed by atoms with Gasteiger partial charge in [-0.25, -0.2) is 8.42 Å². The van der Waals surface area contributed by atoms with Crippen molar-refractivity contribution in [1.29, 1.82) is 0 Å². The van der Waals surface area contributed by atoms with Gasteiger partial charge in [-0.3, -0.25) is 4.90 Å². The lowest BCUT2D eigenvalue weighted by Gasteiger charge is -2.44. The van der Waals surface area contributed by atoms with Crippen molar-refractivity contribution in [3.05, 3.63) is 28.8 Å². The molecule has 4 nitrogen and oxygen atoms in total. The molecule has 2 aliphatic rings. The Morgan fingerprint density at radius 3 is 2.04 bits per heavy atom. The van der Waals surface area contributed by atoms with Crippen molar-refractivity contribution in [1.82, 2.24) is 9.21 Å². The molecule has 0 aliphatic carbocycles. The van der Waals surface area contributed by atoms with Crippen LogP contribution in [0.5, 0.6) is 0 Å². The molecule has 2 unspecified atom stereocenters. The maximum absolute atomic E-state index is 13.2. The number of hydrogen-bond acceptors (Lipinski definition) is 3. The van der Waals surface area contributed by atoms with Crippen LogP contribution in [-0.4, -0.2) is 49.3 Å². The molecule has 2 saturated heterocycles. The highest BCUT2D eigenvalue weighted by molar-refractivity contribution is 7.89. The number of sulfonamides is 1. The molecule has 0 amide bonds. The fourth-order valence-corrected chi connectivity index (χ4v) is 6.97. The molecule has 2 atom stereocenters. The Labute approximate surface area is 159 Å². The molecule has 2 fully saturated rings. The van der Waals surface area contributed by atoms with Crippen molar-refractivity contribution < 1.29 is 8.42 Å². The summed E-state index contributed by atoms with van der Waals surface area (Å²) in [5.74, 6) is 0.814. The molecule has 3 rings (SSSR count). The zero-order chi connectivity index (χ0) is 19.1. The van der Waals surface area contributed by atoms with Crippen LogP contribution in [0.15, 0.2) is 17.0 Å². The molecule has 1 aromatic carbocycles. The first kappa shape index (κ1) is 19.8. The van der Waals surface area contributed by atoms with Crippen LogP contribution in [0.4, 0.5) is 0 Å².